The number of carbonyl (C=O) groups is 4. The third kappa shape index (κ3) is 9.32. The third-order valence-electron chi connectivity index (χ3n) is 4.69. The maximum absolute atomic E-state index is 12.1. The third-order valence-corrected chi connectivity index (χ3v) is 4.69. The molecule has 0 saturated heterocycles. The predicted molar refractivity (Wildman–Crippen MR) is 127 cm³/mol. The van der Waals surface area contributed by atoms with E-state index < -0.39 is 30.4 Å². The predicted octanol–water partition coefficient (Wildman–Crippen LogP) is 3.94. The van der Waals surface area contributed by atoms with E-state index in [1.54, 1.807) is 48.5 Å². The minimum absolute atomic E-state index is 0.117. The SMILES string of the molecule is CCCCCOC(=O)c1ccc(NC(=O)CCC(=O)OCC(=O)Nc2ccccc2OC)cc1. The van der Waals surface area contributed by atoms with Gasteiger partial charge in [-0.05, 0) is 42.8 Å². The van der Waals surface area contributed by atoms with Gasteiger partial charge in [0, 0.05) is 12.1 Å². The fourth-order valence-electron chi connectivity index (χ4n) is 2.88. The number of benzene rings is 2. The monoisotopic (exact) mass is 470 g/mol. The first-order valence-electron chi connectivity index (χ1n) is 11.1. The number of anilines is 2. The van der Waals surface area contributed by atoms with Crippen LogP contribution >= 0.6 is 0 Å². The quantitative estimate of drug-likeness (QED) is 0.336. The van der Waals surface area contributed by atoms with Crippen molar-refractivity contribution in [1.82, 2.24) is 0 Å². The number of nitrogens with one attached hydrogen (secondary N) is 2. The number of methoxy groups -OCH3 is 1. The Morgan fingerprint density at radius 2 is 1.56 bits per heavy atom. The Kier molecular flexibility index (Phi) is 11.1. The molecule has 0 atom stereocenters. The van der Waals surface area contributed by atoms with Crippen LogP contribution in [0.25, 0.3) is 0 Å². The Bertz CT molecular complexity index is 973. The van der Waals surface area contributed by atoms with Gasteiger partial charge in [0.25, 0.3) is 5.91 Å². The number of carbonyl (C=O) groups excluding carboxylic acids is 4. The van der Waals surface area contributed by atoms with E-state index in [4.69, 9.17) is 14.2 Å². The molecule has 0 saturated carbocycles. The molecule has 182 valence electrons. The highest BCUT2D eigenvalue weighted by atomic mass is 16.5. The fraction of sp³-hybridized carbons (Fsp3) is 0.360. The summed E-state index contributed by atoms with van der Waals surface area (Å²) in [4.78, 5) is 47.9. The van der Waals surface area contributed by atoms with E-state index in [-0.39, 0.29) is 12.8 Å². The molecule has 0 heterocycles. The van der Waals surface area contributed by atoms with Gasteiger partial charge in [0.15, 0.2) is 6.61 Å². The summed E-state index contributed by atoms with van der Waals surface area (Å²) in [6.07, 6.45) is 2.57. The smallest absolute Gasteiger partial charge is 0.338 e. The van der Waals surface area contributed by atoms with Crippen LogP contribution in [-0.2, 0) is 23.9 Å². The second-order valence-electron chi connectivity index (χ2n) is 7.38. The molecule has 0 aliphatic rings. The van der Waals surface area contributed by atoms with Crippen molar-refractivity contribution in [3.8, 4) is 5.75 Å². The summed E-state index contributed by atoms with van der Waals surface area (Å²) < 4.78 is 15.2. The summed E-state index contributed by atoms with van der Waals surface area (Å²) in [5.74, 6) is -1.52. The van der Waals surface area contributed by atoms with Crippen LogP contribution in [0, 0.1) is 0 Å². The molecule has 0 radical (unpaired) electrons. The molecule has 0 aromatic heterocycles. The summed E-state index contributed by atoms with van der Waals surface area (Å²) in [5.41, 5.74) is 1.34. The zero-order chi connectivity index (χ0) is 24.8. The van der Waals surface area contributed by atoms with Crippen molar-refractivity contribution in [1.29, 1.82) is 0 Å². The first-order valence-corrected chi connectivity index (χ1v) is 11.1. The van der Waals surface area contributed by atoms with Gasteiger partial charge in [-0.1, -0.05) is 31.9 Å². The Labute approximate surface area is 198 Å². The molecule has 2 rings (SSSR count). The lowest BCUT2D eigenvalue weighted by Gasteiger charge is -2.10. The number of unbranched alkanes of at least 4 members (excludes halogenated alkanes) is 2. The highest BCUT2D eigenvalue weighted by Gasteiger charge is 2.13. The van der Waals surface area contributed by atoms with Crippen LogP contribution in [0.3, 0.4) is 0 Å². The summed E-state index contributed by atoms with van der Waals surface area (Å²) in [6, 6.07) is 13.1. The molecule has 2 N–H and O–H groups in total. The zero-order valence-electron chi connectivity index (χ0n) is 19.4. The molecule has 0 aliphatic carbocycles. The van der Waals surface area contributed by atoms with E-state index in [2.05, 4.69) is 17.6 Å². The lowest BCUT2D eigenvalue weighted by Crippen LogP contribution is -2.22. The number of hydrogen-bond donors (Lipinski definition) is 2. The van der Waals surface area contributed by atoms with Gasteiger partial charge >= 0.3 is 11.9 Å². The van der Waals surface area contributed by atoms with Gasteiger partial charge in [-0.15, -0.1) is 0 Å². The second kappa shape index (κ2) is 14.3. The Morgan fingerprint density at radius 3 is 2.26 bits per heavy atom. The van der Waals surface area contributed by atoms with Gasteiger partial charge in [-0.3, -0.25) is 14.4 Å². The lowest BCUT2D eigenvalue weighted by atomic mass is 10.2. The zero-order valence-corrected chi connectivity index (χ0v) is 19.4. The van der Waals surface area contributed by atoms with Gasteiger partial charge in [0.2, 0.25) is 5.91 Å². The second-order valence-corrected chi connectivity index (χ2v) is 7.38. The molecule has 0 bridgehead atoms. The molecule has 2 aromatic carbocycles. The molecule has 0 spiro atoms. The Hall–Kier alpha value is -3.88. The Balaban J connectivity index is 1.68. The van der Waals surface area contributed by atoms with Crippen LogP contribution < -0.4 is 15.4 Å². The number of ether oxygens (including phenoxy) is 3. The van der Waals surface area contributed by atoms with E-state index in [0.717, 1.165) is 19.3 Å². The number of para-hydroxylation sites is 2. The van der Waals surface area contributed by atoms with Gasteiger partial charge in [-0.25, -0.2) is 4.79 Å². The van der Waals surface area contributed by atoms with Crippen molar-refractivity contribution in [3.05, 3.63) is 54.1 Å². The van der Waals surface area contributed by atoms with Crippen LogP contribution in [0.5, 0.6) is 5.75 Å². The van der Waals surface area contributed by atoms with Crippen molar-refractivity contribution in [2.75, 3.05) is 31.0 Å². The number of hydrogen-bond acceptors (Lipinski definition) is 7. The number of rotatable bonds is 13. The number of esters is 2. The first-order chi connectivity index (χ1) is 16.4. The normalized spacial score (nSPS) is 10.2. The van der Waals surface area contributed by atoms with Crippen LogP contribution in [0.2, 0.25) is 0 Å². The van der Waals surface area contributed by atoms with E-state index in [1.165, 1.54) is 7.11 Å². The standard InChI is InChI=1S/C25H30N2O7/c1-3-4-7-16-33-25(31)18-10-12-19(13-11-18)26-22(28)14-15-24(30)34-17-23(29)27-20-8-5-6-9-21(20)32-2/h5-6,8-13H,3-4,7,14-17H2,1-2H3,(H,26,28)(H,27,29). The lowest BCUT2D eigenvalue weighted by molar-refractivity contribution is -0.147. The maximum atomic E-state index is 12.1. The van der Waals surface area contributed by atoms with Gasteiger partial charge in [0.1, 0.15) is 5.75 Å². The minimum atomic E-state index is -0.675. The van der Waals surface area contributed by atoms with Crippen molar-refractivity contribution >= 4 is 35.1 Å². The molecule has 9 heteroatoms. The molecular weight excluding hydrogens is 440 g/mol. The molecule has 0 fully saturated rings. The Morgan fingerprint density at radius 1 is 0.824 bits per heavy atom. The largest absolute Gasteiger partial charge is 0.495 e. The molecule has 9 nitrogen and oxygen atoms in total. The highest BCUT2D eigenvalue weighted by Crippen LogP contribution is 2.22. The van der Waals surface area contributed by atoms with Crippen LogP contribution in [0.15, 0.2) is 48.5 Å². The van der Waals surface area contributed by atoms with Crippen molar-refractivity contribution in [2.45, 2.75) is 39.0 Å². The van der Waals surface area contributed by atoms with Gasteiger partial charge < -0.3 is 24.8 Å². The average Bonchev–Trinajstić information content (AvgIpc) is 2.84. The van der Waals surface area contributed by atoms with E-state index in [1.807, 2.05) is 0 Å². The minimum Gasteiger partial charge on any atom is -0.495 e. The van der Waals surface area contributed by atoms with Crippen LogP contribution in [0.1, 0.15) is 49.4 Å². The highest BCUT2D eigenvalue weighted by molar-refractivity contribution is 5.95. The van der Waals surface area contributed by atoms with E-state index >= 15 is 0 Å². The molecule has 2 amide bonds. The molecule has 2 aromatic rings. The van der Waals surface area contributed by atoms with Crippen LogP contribution in [0.4, 0.5) is 11.4 Å². The average molecular weight is 471 g/mol. The topological polar surface area (TPSA) is 120 Å². The molecular formula is C25H30N2O7. The van der Waals surface area contributed by atoms with Gasteiger partial charge in [0.05, 0.1) is 31.4 Å². The molecule has 0 unspecified atom stereocenters. The summed E-state index contributed by atoms with van der Waals surface area (Å²) in [6.45, 7) is 1.97. The molecule has 34 heavy (non-hydrogen) atoms. The maximum Gasteiger partial charge on any atom is 0.338 e. The summed E-state index contributed by atoms with van der Waals surface area (Å²) in [5, 5.41) is 5.23. The fourth-order valence-corrected chi connectivity index (χ4v) is 2.88. The number of amides is 2. The first kappa shape index (κ1) is 26.4. The van der Waals surface area contributed by atoms with Crippen molar-refractivity contribution in [2.24, 2.45) is 0 Å². The summed E-state index contributed by atoms with van der Waals surface area (Å²) in [7, 11) is 1.48. The van der Waals surface area contributed by atoms with E-state index in [0.29, 0.717) is 29.3 Å². The summed E-state index contributed by atoms with van der Waals surface area (Å²) >= 11 is 0. The van der Waals surface area contributed by atoms with E-state index in [9.17, 15) is 19.2 Å². The van der Waals surface area contributed by atoms with Gasteiger partial charge in [-0.2, -0.15) is 0 Å². The van der Waals surface area contributed by atoms with Crippen LogP contribution in [-0.4, -0.2) is 44.1 Å². The molecule has 0 aliphatic heterocycles. The van der Waals surface area contributed by atoms with Crippen molar-refractivity contribution < 1.29 is 33.4 Å². The van der Waals surface area contributed by atoms with Crippen molar-refractivity contribution in [3.63, 3.8) is 0 Å².